The highest BCUT2D eigenvalue weighted by Gasteiger charge is 2.40. The first kappa shape index (κ1) is 44.7. The lowest BCUT2D eigenvalue weighted by Gasteiger charge is -2.22. The number of aliphatic hydroxyl groups excluding tert-OH is 4. The van der Waals surface area contributed by atoms with E-state index in [1.165, 1.54) is 5.57 Å². The molecule has 5 aromatic heterocycles. The van der Waals surface area contributed by atoms with Crippen LogP contribution in [0.3, 0.4) is 0 Å². The van der Waals surface area contributed by atoms with Gasteiger partial charge in [0.2, 0.25) is 11.9 Å². The molecule has 1 aliphatic heterocycles. The number of hydrogen-bond acceptors (Lipinski definition) is 16. The number of aliphatic imine (C=N–C) groups is 1. The van der Waals surface area contributed by atoms with Crippen LogP contribution in [0.5, 0.6) is 0 Å². The number of halogens is 1. The number of aliphatic hydroxyl groups is 4. The van der Waals surface area contributed by atoms with Gasteiger partial charge in [0.05, 0.1) is 80.0 Å². The Morgan fingerprint density at radius 2 is 1.13 bits per heavy atom. The van der Waals surface area contributed by atoms with Gasteiger partial charge in [0, 0.05) is 11.8 Å². The lowest BCUT2D eigenvalue weighted by molar-refractivity contribution is -0.0000242. The summed E-state index contributed by atoms with van der Waals surface area (Å²) in [4.78, 5) is 34.2. The van der Waals surface area contributed by atoms with Crippen LogP contribution in [-0.2, 0) is 0 Å². The smallest absolute Gasteiger partial charge is 0.222 e. The number of aryl methyl sites for hydroxylation is 2. The molecule has 0 aromatic carbocycles. The molecular weight excluding hydrogens is 786 g/mol. The van der Waals surface area contributed by atoms with E-state index in [2.05, 4.69) is 83.3 Å². The third kappa shape index (κ3) is 8.07. The Labute approximate surface area is 352 Å². The SMILES string of the molecule is C=C1[C@H](CC)[C@@H](C)C[C@@H]1n1cnc2c(C)nc(N)nc21.C=C1[C@H](CO)[C@@H](O)C[C@@H]1n1cnc2c(C)nc(N)nc21.C=C1[C@H](CO)[C@@H](O)C[C@@H]1n1cnc2c1NC(N)=NC2C.[F-]. The summed E-state index contributed by atoms with van der Waals surface area (Å²) in [7, 11) is 0. The van der Waals surface area contributed by atoms with Gasteiger partial charge < -0.3 is 61.3 Å². The minimum Gasteiger partial charge on any atom is -1.00 e. The fourth-order valence-corrected chi connectivity index (χ4v) is 9.46. The molecule has 0 amide bonds. The van der Waals surface area contributed by atoms with Crippen molar-refractivity contribution in [2.24, 2.45) is 34.4 Å². The number of hydrogen-bond donors (Lipinski definition) is 8. The summed E-state index contributed by atoms with van der Waals surface area (Å²) in [5.74, 6) is 2.28. The van der Waals surface area contributed by atoms with E-state index in [0.717, 1.165) is 52.4 Å². The first-order valence-corrected chi connectivity index (χ1v) is 20.3. The molecule has 20 heteroatoms. The first-order valence-electron chi connectivity index (χ1n) is 20.3. The van der Waals surface area contributed by atoms with Gasteiger partial charge in [0.1, 0.15) is 22.5 Å². The molecular formula is C41H57FN15O4-. The van der Waals surface area contributed by atoms with E-state index >= 15 is 0 Å². The molecule has 1 unspecified atom stereocenters. The van der Waals surface area contributed by atoms with Crippen molar-refractivity contribution < 1.29 is 25.1 Å². The number of anilines is 3. The average molecular weight is 843 g/mol. The molecule has 19 nitrogen and oxygen atoms in total. The Morgan fingerprint density at radius 3 is 1.57 bits per heavy atom. The van der Waals surface area contributed by atoms with Crippen LogP contribution in [-0.4, -0.2) is 100 Å². The van der Waals surface area contributed by atoms with E-state index in [0.29, 0.717) is 53.4 Å². The molecule has 0 radical (unpaired) electrons. The minimum atomic E-state index is -0.602. The molecule has 6 heterocycles. The summed E-state index contributed by atoms with van der Waals surface area (Å²) in [6.45, 7) is 22.3. The lowest BCUT2D eigenvalue weighted by atomic mass is 9.93. The summed E-state index contributed by atoms with van der Waals surface area (Å²) >= 11 is 0. The van der Waals surface area contributed by atoms with Gasteiger partial charge in [-0.25, -0.2) is 29.9 Å². The van der Waals surface area contributed by atoms with Crippen LogP contribution in [0.15, 0.2) is 60.4 Å². The van der Waals surface area contributed by atoms with Crippen molar-refractivity contribution in [2.45, 2.75) is 96.7 Å². The number of rotatable bonds is 6. The zero-order valence-corrected chi connectivity index (χ0v) is 35.2. The van der Waals surface area contributed by atoms with Crippen molar-refractivity contribution in [2.75, 3.05) is 30.0 Å². The predicted molar refractivity (Wildman–Crippen MR) is 229 cm³/mol. The molecule has 4 aliphatic rings. The van der Waals surface area contributed by atoms with E-state index in [9.17, 15) is 20.4 Å². The molecule has 61 heavy (non-hydrogen) atoms. The number of nitrogens with one attached hydrogen (secondary N) is 1. The third-order valence-corrected chi connectivity index (χ3v) is 12.7. The molecule has 0 spiro atoms. The summed E-state index contributed by atoms with van der Waals surface area (Å²) in [5.41, 5.74) is 25.5. The molecule has 0 saturated heterocycles. The Bertz CT molecular complexity index is 2360. The first-order chi connectivity index (χ1) is 28.6. The van der Waals surface area contributed by atoms with Crippen LogP contribution < -0.4 is 27.2 Å². The van der Waals surface area contributed by atoms with Gasteiger partial charge in [-0.2, -0.15) is 9.97 Å². The van der Waals surface area contributed by atoms with Crippen molar-refractivity contribution in [3.05, 3.63) is 72.5 Å². The van der Waals surface area contributed by atoms with E-state index in [4.69, 9.17) is 17.2 Å². The highest BCUT2D eigenvalue weighted by molar-refractivity contribution is 5.94. The third-order valence-electron chi connectivity index (χ3n) is 12.7. The maximum absolute atomic E-state index is 10.0. The van der Waals surface area contributed by atoms with Gasteiger partial charge in [-0.1, -0.05) is 39.2 Å². The Kier molecular flexibility index (Phi) is 12.9. The van der Waals surface area contributed by atoms with Gasteiger partial charge in [0.15, 0.2) is 17.3 Å². The Morgan fingerprint density at radius 1 is 0.689 bits per heavy atom. The molecule has 3 saturated carbocycles. The number of nitrogen functional groups attached to an aromatic ring is 2. The van der Waals surface area contributed by atoms with Crippen LogP contribution in [0, 0.1) is 37.5 Å². The second kappa shape index (κ2) is 17.6. The number of allylic oxidation sites excluding steroid dienone is 1. The zero-order chi connectivity index (χ0) is 43.3. The Balaban J connectivity index is 0.000000152. The summed E-state index contributed by atoms with van der Waals surface area (Å²) in [5, 5.41) is 41.7. The quantitative estimate of drug-likeness (QED) is 0.106. The van der Waals surface area contributed by atoms with Gasteiger partial charge in [-0.15, -0.1) is 0 Å². The summed E-state index contributed by atoms with van der Waals surface area (Å²) in [6.07, 6.45) is 7.27. The molecule has 11 N–H and O–H groups in total. The zero-order valence-electron chi connectivity index (χ0n) is 35.2. The molecule has 3 aliphatic carbocycles. The summed E-state index contributed by atoms with van der Waals surface area (Å²) < 4.78 is 5.89. The molecule has 0 bridgehead atoms. The van der Waals surface area contributed by atoms with Crippen LogP contribution in [0.25, 0.3) is 22.3 Å². The van der Waals surface area contributed by atoms with E-state index in [-0.39, 0.29) is 59.9 Å². The van der Waals surface area contributed by atoms with Crippen molar-refractivity contribution in [1.29, 1.82) is 0 Å². The number of nitrogens with two attached hydrogens (primary N) is 3. The largest absolute Gasteiger partial charge is 1.00 e. The highest BCUT2D eigenvalue weighted by Crippen LogP contribution is 2.46. The van der Waals surface area contributed by atoms with Crippen LogP contribution in [0.2, 0.25) is 0 Å². The fourth-order valence-electron chi connectivity index (χ4n) is 9.46. The van der Waals surface area contributed by atoms with Gasteiger partial charge in [-0.3, -0.25) is 0 Å². The number of guanidine groups is 1. The van der Waals surface area contributed by atoms with E-state index in [1.54, 1.807) is 12.7 Å². The summed E-state index contributed by atoms with van der Waals surface area (Å²) in [6, 6.07) is -0.0563. The van der Waals surface area contributed by atoms with Crippen molar-refractivity contribution in [3.8, 4) is 0 Å². The number of imidazole rings is 3. The standard InChI is InChI=1S/C15H21N5.C13H19N5O2.C13H17N5O2.FH/c1-5-11-8(2)6-12(9(11)3)20-7-17-13-10(4)18-15(16)19-14(13)20;2*1-6-8(4-19)10(20)3-9(6)18-5-15-11-7(2)16-13(14)17-12(11)18;/h7-8,11-12H,3,5-6H2,1-2,4H3,(H2,16,18,19);5,7-10,19-20H,1,3-4H2,2H3,(H3,14,16,17);5,8-10,19-20H,1,3-4H2,2H3,(H2,14,16,17);1H/p-1/t8-,11+,12-;7?,8-,9-,10-;8-,9-,10-;/m000./s1. The normalized spacial score (nSPS) is 28.1. The lowest BCUT2D eigenvalue weighted by Crippen LogP contribution is -3.00. The van der Waals surface area contributed by atoms with E-state index < -0.39 is 12.2 Å². The minimum absolute atomic E-state index is 0. The van der Waals surface area contributed by atoms with Crippen molar-refractivity contribution >= 4 is 46.0 Å². The predicted octanol–water partition coefficient (Wildman–Crippen LogP) is 0.226. The van der Waals surface area contributed by atoms with Crippen LogP contribution in [0.4, 0.5) is 17.7 Å². The van der Waals surface area contributed by atoms with Crippen molar-refractivity contribution in [3.63, 3.8) is 0 Å². The number of aromatic nitrogens is 10. The number of nitrogens with zero attached hydrogens (tertiary/aromatic N) is 11. The molecule has 3 fully saturated rings. The van der Waals surface area contributed by atoms with Gasteiger partial charge in [0.25, 0.3) is 0 Å². The van der Waals surface area contributed by atoms with Crippen LogP contribution >= 0.6 is 0 Å². The second-order valence-electron chi connectivity index (χ2n) is 16.4. The number of fused-ring (bicyclic) bond motifs is 3. The maximum Gasteiger partial charge on any atom is 0.222 e. The molecule has 10 atom stereocenters. The molecule has 5 aromatic rings. The highest BCUT2D eigenvalue weighted by atomic mass is 19.0. The topological polar surface area (TPSA) is 288 Å². The molecule has 9 rings (SSSR count). The van der Waals surface area contributed by atoms with Gasteiger partial charge >= 0.3 is 0 Å². The monoisotopic (exact) mass is 842 g/mol. The fraction of sp³-hybridized carbons (Fsp3) is 0.512. The van der Waals surface area contributed by atoms with Crippen molar-refractivity contribution in [1.82, 2.24) is 48.6 Å². The Hall–Kier alpha value is -5.83. The van der Waals surface area contributed by atoms with E-state index in [1.807, 2.05) is 36.2 Å². The maximum atomic E-state index is 10.0. The van der Waals surface area contributed by atoms with Crippen LogP contribution in [0.1, 0.15) is 87.7 Å². The van der Waals surface area contributed by atoms with Gasteiger partial charge in [-0.05, 0) is 69.4 Å². The molecule has 328 valence electrons. The second-order valence-corrected chi connectivity index (χ2v) is 16.4. The average Bonchev–Trinajstić information content (AvgIpc) is 4.04.